The van der Waals surface area contributed by atoms with Crippen LogP contribution in [-0.2, 0) is 4.79 Å². The molecule has 0 aliphatic rings. The van der Waals surface area contributed by atoms with E-state index in [1.807, 2.05) is 13.0 Å². The first-order chi connectivity index (χ1) is 3.77. The molecule has 8 heavy (non-hydrogen) atoms. The van der Waals surface area contributed by atoms with Crippen LogP contribution < -0.4 is 0 Å². The summed E-state index contributed by atoms with van der Waals surface area (Å²) in [7, 11) is 0. The normalized spacial score (nSPS) is 10.2. The SMILES string of the molecule is CCC=CCC(=O)Cl. The molecule has 0 fully saturated rings. The zero-order valence-electron chi connectivity index (χ0n) is 4.86. The Kier molecular flexibility index (Phi) is 4.67. The molecule has 46 valence electrons. The summed E-state index contributed by atoms with van der Waals surface area (Å²) in [5.41, 5.74) is 0. The van der Waals surface area contributed by atoms with Crippen LogP contribution in [0.15, 0.2) is 12.2 Å². The Bertz CT molecular complexity index is 96.7. The second kappa shape index (κ2) is 4.85. The first-order valence-electron chi connectivity index (χ1n) is 2.60. The van der Waals surface area contributed by atoms with Crippen LogP contribution in [0, 0.1) is 0 Å². The van der Waals surface area contributed by atoms with Gasteiger partial charge in [0.25, 0.3) is 0 Å². The molecule has 0 heterocycles. The predicted octanol–water partition coefficient (Wildman–Crippen LogP) is 2.11. The van der Waals surface area contributed by atoms with Crippen LogP contribution in [0.5, 0.6) is 0 Å². The van der Waals surface area contributed by atoms with Crippen LogP contribution in [0.25, 0.3) is 0 Å². The van der Waals surface area contributed by atoms with Gasteiger partial charge in [-0.15, -0.1) is 0 Å². The van der Waals surface area contributed by atoms with E-state index in [1.54, 1.807) is 6.08 Å². The smallest absolute Gasteiger partial charge is 0.225 e. The lowest BCUT2D eigenvalue weighted by Gasteiger charge is -1.78. The summed E-state index contributed by atoms with van der Waals surface area (Å²) < 4.78 is 0. The Labute approximate surface area is 54.3 Å². The molecule has 0 amide bonds. The highest BCUT2D eigenvalue weighted by molar-refractivity contribution is 6.63. The van der Waals surface area contributed by atoms with Crippen molar-refractivity contribution >= 4 is 16.8 Å². The van der Waals surface area contributed by atoms with Crippen molar-refractivity contribution in [1.29, 1.82) is 0 Å². The molecule has 0 aliphatic carbocycles. The van der Waals surface area contributed by atoms with Gasteiger partial charge in [0.15, 0.2) is 0 Å². The Morgan fingerprint density at radius 3 is 2.62 bits per heavy atom. The largest absolute Gasteiger partial charge is 0.281 e. The Hall–Kier alpha value is -0.300. The fraction of sp³-hybridized carbons (Fsp3) is 0.500. The zero-order chi connectivity index (χ0) is 6.41. The highest BCUT2D eigenvalue weighted by atomic mass is 35.5. The summed E-state index contributed by atoms with van der Waals surface area (Å²) >= 11 is 5.02. The lowest BCUT2D eigenvalue weighted by molar-refractivity contribution is -0.110. The summed E-state index contributed by atoms with van der Waals surface area (Å²) in [6, 6.07) is 0. The second-order valence-electron chi connectivity index (χ2n) is 1.44. The van der Waals surface area contributed by atoms with Crippen LogP contribution in [0.4, 0.5) is 0 Å². The lowest BCUT2D eigenvalue weighted by Crippen LogP contribution is -1.78. The quantitative estimate of drug-likeness (QED) is 0.425. The van der Waals surface area contributed by atoms with Crippen LogP contribution >= 0.6 is 11.6 Å². The van der Waals surface area contributed by atoms with Crippen molar-refractivity contribution in [3.8, 4) is 0 Å². The number of carbonyl (C=O) groups excluding carboxylic acids is 1. The van der Waals surface area contributed by atoms with E-state index in [0.29, 0.717) is 6.42 Å². The van der Waals surface area contributed by atoms with Gasteiger partial charge in [-0.3, -0.25) is 4.79 Å². The fourth-order valence-corrected chi connectivity index (χ4v) is 0.432. The third kappa shape index (κ3) is 5.70. The van der Waals surface area contributed by atoms with Crippen molar-refractivity contribution in [2.75, 3.05) is 0 Å². The van der Waals surface area contributed by atoms with E-state index >= 15 is 0 Å². The maximum atomic E-state index is 10.0. The average Bonchev–Trinajstić information content (AvgIpc) is 1.66. The molecule has 0 bridgehead atoms. The first kappa shape index (κ1) is 7.70. The Balaban J connectivity index is 3.16. The maximum Gasteiger partial charge on any atom is 0.225 e. The highest BCUT2D eigenvalue weighted by Gasteiger charge is 1.86. The summed E-state index contributed by atoms with van der Waals surface area (Å²) in [5, 5.41) is -0.297. The van der Waals surface area contributed by atoms with E-state index < -0.39 is 0 Å². The van der Waals surface area contributed by atoms with Crippen LogP contribution in [0.3, 0.4) is 0 Å². The van der Waals surface area contributed by atoms with Gasteiger partial charge < -0.3 is 0 Å². The molecule has 0 rings (SSSR count). The number of halogens is 1. The molecule has 0 N–H and O–H groups in total. The molecule has 0 spiro atoms. The summed E-state index contributed by atoms with van der Waals surface area (Å²) in [4.78, 5) is 10.0. The van der Waals surface area contributed by atoms with E-state index in [4.69, 9.17) is 11.6 Å². The van der Waals surface area contributed by atoms with Gasteiger partial charge in [0.2, 0.25) is 5.24 Å². The van der Waals surface area contributed by atoms with Gasteiger partial charge in [-0.05, 0) is 18.0 Å². The topological polar surface area (TPSA) is 17.1 Å². The van der Waals surface area contributed by atoms with Crippen molar-refractivity contribution < 1.29 is 4.79 Å². The van der Waals surface area contributed by atoms with Crippen molar-refractivity contribution in [2.45, 2.75) is 19.8 Å². The van der Waals surface area contributed by atoms with E-state index in [0.717, 1.165) is 6.42 Å². The summed E-state index contributed by atoms with van der Waals surface area (Å²) in [6.45, 7) is 2.01. The molecule has 0 aromatic carbocycles. The van der Waals surface area contributed by atoms with E-state index in [-0.39, 0.29) is 5.24 Å². The molecule has 0 atom stereocenters. The third-order valence-electron chi connectivity index (χ3n) is 0.681. The third-order valence-corrected chi connectivity index (χ3v) is 0.835. The molecule has 0 aromatic heterocycles. The number of carbonyl (C=O) groups is 1. The standard InChI is InChI=1S/C6H9ClO/c1-2-3-4-5-6(7)8/h3-4H,2,5H2,1H3. The van der Waals surface area contributed by atoms with E-state index in [2.05, 4.69) is 0 Å². The molecule has 2 heteroatoms. The minimum absolute atomic E-state index is 0.297. The molecule has 0 saturated heterocycles. The lowest BCUT2D eigenvalue weighted by atomic mass is 10.3. The Morgan fingerprint density at radius 1 is 1.62 bits per heavy atom. The second-order valence-corrected chi connectivity index (χ2v) is 1.86. The van der Waals surface area contributed by atoms with Gasteiger partial charge in [-0.25, -0.2) is 0 Å². The molecule has 0 aliphatic heterocycles. The minimum Gasteiger partial charge on any atom is -0.281 e. The van der Waals surface area contributed by atoms with Gasteiger partial charge >= 0.3 is 0 Å². The zero-order valence-corrected chi connectivity index (χ0v) is 5.61. The number of rotatable bonds is 3. The van der Waals surface area contributed by atoms with Crippen LogP contribution in [0.1, 0.15) is 19.8 Å². The van der Waals surface area contributed by atoms with Crippen molar-refractivity contribution in [2.24, 2.45) is 0 Å². The monoisotopic (exact) mass is 132 g/mol. The van der Waals surface area contributed by atoms with E-state index in [9.17, 15) is 4.79 Å². The molecular weight excluding hydrogens is 124 g/mol. The molecule has 0 aromatic rings. The average molecular weight is 133 g/mol. The van der Waals surface area contributed by atoms with Crippen molar-refractivity contribution in [3.05, 3.63) is 12.2 Å². The number of allylic oxidation sites excluding steroid dienone is 2. The van der Waals surface area contributed by atoms with Gasteiger partial charge in [-0.2, -0.15) is 0 Å². The van der Waals surface area contributed by atoms with Crippen LogP contribution in [0.2, 0.25) is 0 Å². The molecule has 0 radical (unpaired) electrons. The number of hydrogen-bond donors (Lipinski definition) is 0. The summed E-state index contributed by atoms with van der Waals surface area (Å²) in [5.74, 6) is 0. The fourth-order valence-electron chi connectivity index (χ4n) is 0.343. The van der Waals surface area contributed by atoms with Crippen LogP contribution in [-0.4, -0.2) is 5.24 Å². The molecule has 0 saturated carbocycles. The van der Waals surface area contributed by atoms with Gasteiger partial charge in [-0.1, -0.05) is 19.1 Å². The van der Waals surface area contributed by atoms with Gasteiger partial charge in [0.05, 0.1) is 0 Å². The first-order valence-corrected chi connectivity index (χ1v) is 2.98. The predicted molar refractivity (Wildman–Crippen MR) is 34.9 cm³/mol. The van der Waals surface area contributed by atoms with Crippen molar-refractivity contribution in [1.82, 2.24) is 0 Å². The minimum atomic E-state index is -0.297. The maximum absolute atomic E-state index is 10.0. The molecular formula is C6H9ClO. The highest BCUT2D eigenvalue weighted by Crippen LogP contribution is 1.90. The molecule has 1 nitrogen and oxygen atoms in total. The number of hydrogen-bond acceptors (Lipinski definition) is 1. The summed E-state index contributed by atoms with van der Waals surface area (Å²) in [6.07, 6.45) is 5.01. The Morgan fingerprint density at radius 2 is 2.25 bits per heavy atom. The van der Waals surface area contributed by atoms with Gasteiger partial charge in [0, 0.05) is 6.42 Å². The van der Waals surface area contributed by atoms with Gasteiger partial charge in [0.1, 0.15) is 0 Å². The molecule has 0 unspecified atom stereocenters. The van der Waals surface area contributed by atoms with Crippen molar-refractivity contribution in [3.63, 3.8) is 0 Å². The van der Waals surface area contributed by atoms with E-state index in [1.165, 1.54) is 0 Å².